The van der Waals surface area contributed by atoms with Crippen LogP contribution in [0.5, 0.6) is 0 Å². The van der Waals surface area contributed by atoms with Crippen LogP contribution in [0.25, 0.3) is 11.4 Å². The molecule has 1 fully saturated rings. The molecule has 0 spiro atoms. The van der Waals surface area contributed by atoms with Gasteiger partial charge in [-0.25, -0.2) is 8.42 Å². The highest BCUT2D eigenvalue weighted by Crippen LogP contribution is 2.33. The first kappa shape index (κ1) is 21.5. The molecular formula is C21H20F3N3O3S. The summed E-state index contributed by atoms with van der Waals surface area (Å²) in [6.07, 6.45) is -3.22. The molecule has 164 valence electrons. The smallest absolute Gasteiger partial charge is 0.339 e. The van der Waals surface area contributed by atoms with Crippen LogP contribution in [0.15, 0.2) is 57.9 Å². The van der Waals surface area contributed by atoms with Crippen molar-refractivity contribution >= 4 is 10.0 Å². The van der Waals surface area contributed by atoms with Gasteiger partial charge in [0.15, 0.2) is 0 Å². The van der Waals surface area contributed by atoms with Crippen molar-refractivity contribution in [3.8, 4) is 11.4 Å². The Morgan fingerprint density at radius 3 is 2.58 bits per heavy atom. The predicted octanol–water partition coefficient (Wildman–Crippen LogP) is 4.63. The van der Waals surface area contributed by atoms with E-state index in [0.717, 1.165) is 17.7 Å². The van der Waals surface area contributed by atoms with Crippen molar-refractivity contribution in [3.05, 3.63) is 65.5 Å². The highest BCUT2D eigenvalue weighted by molar-refractivity contribution is 7.89. The Labute approximate surface area is 177 Å². The Bertz CT molecular complexity index is 1170. The largest absolute Gasteiger partial charge is 0.416 e. The summed E-state index contributed by atoms with van der Waals surface area (Å²) < 4.78 is 71.6. The van der Waals surface area contributed by atoms with Crippen LogP contribution >= 0.6 is 0 Å². The summed E-state index contributed by atoms with van der Waals surface area (Å²) in [5.41, 5.74) is 0.345. The van der Waals surface area contributed by atoms with Gasteiger partial charge in [0.05, 0.1) is 16.4 Å². The van der Waals surface area contributed by atoms with Crippen molar-refractivity contribution < 1.29 is 26.1 Å². The first-order chi connectivity index (χ1) is 14.6. The second-order valence-electron chi connectivity index (χ2n) is 7.55. The van der Waals surface area contributed by atoms with E-state index in [9.17, 15) is 21.6 Å². The quantitative estimate of drug-likeness (QED) is 0.578. The molecule has 1 atom stereocenters. The van der Waals surface area contributed by atoms with Gasteiger partial charge in [-0.3, -0.25) is 0 Å². The van der Waals surface area contributed by atoms with Crippen molar-refractivity contribution in [1.82, 2.24) is 14.4 Å². The molecule has 1 aliphatic rings. The molecule has 0 aliphatic carbocycles. The lowest BCUT2D eigenvalue weighted by Crippen LogP contribution is -2.39. The zero-order chi connectivity index (χ0) is 22.2. The van der Waals surface area contributed by atoms with Gasteiger partial charge in [0, 0.05) is 18.7 Å². The van der Waals surface area contributed by atoms with Gasteiger partial charge in [-0.1, -0.05) is 35.0 Å². The van der Waals surface area contributed by atoms with Gasteiger partial charge in [0.25, 0.3) is 0 Å². The Balaban J connectivity index is 1.55. The van der Waals surface area contributed by atoms with Gasteiger partial charge in [-0.15, -0.1) is 0 Å². The molecular weight excluding hydrogens is 431 g/mol. The van der Waals surface area contributed by atoms with Gasteiger partial charge in [-0.2, -0.15) is 22.5 Å². The molecule has 2 aromatic carbocycles. The minimum atomic E-state index is -4.48. The van der Waals surface area contributed by atoms with E-state index in [1.807, 2.05) is 6.92 Å². The number of rotatable bonds is 4. The molecule has 6 nitrogen and oxygen atoms in total. The fraction of sp³-hybridized carbons (Fsp3) is 0.333. The number of hydrogen-bond donors (Lipinski definition) is 0. The third-order valence-corrected chi connectivity index (χ3v) is 7.16. The lowest BCUT2D eigenvalue weighted by molar-refractivity contribution is -0.137. The molecule has 0 saturated carbocycles. The summed E-state index contributed by atoms with van der Waals surface area (Å²) in [5.74, 6) is -0.0724. The van der Waals surface area contributed by atoms with Crippen LogP contribution in [0.1, 0.15) is 35.8 Å². The number of halogens is 3. The molecule has 1 aliphatic heterocycles. The van der Waals surface area contributed by atoms with Crippen LogP contribution in [-0.4, -0.2) is 36.0 Å². The number of benzene rings is 2. The fourth-order valence-corrected chi connectivity index (χ4v) is 5.10. The topological polar surface area (TPSA) is 76.3 Å². The molecule has 0 bridgehead atoms. The second-order valence-corrected chi connectivity index (χ2v) is 9.49. The maximum absolute atomic E-state index is 13.0. The number of aromatic nitrogens is 2. The summed E-state index contributed by atoms with van der Waals surface area (Å²) in [6, 6.07) is 11.3. The molecule has 0 amide bonds. The molecule has 2 heterocycles. The van der Waals surface area contributed by atoms with Crippen LogP contribution in [0.2, 0.25) is 0 Å². The Hall–Kier alpha value is -2.72. The molecule has 10 heteroatoms. The van der Waals surface area contributed by atoms with Crippen molar-refractivity contribution in [2.75, 3.05) is 13.1 Å². The maximum Gasteiger partial charge on any atom is 0.416 e. The lowest BCUT2D eigenvalue weighted by atomic mass is 10.00. The van der Waals surface area contributed by atoms with E-state index in [1.165, 1.54) is 16.4 Å². The van der Waals surface area contributed by atoms with Crippen molar-refractivity contribution in [2.24, 2.45) is 0 Å². The fourth-order valence-electron chi connectivity index (χ4n) is 3.57. The first-order valence-corrected chi connectivity index (χ1v) is 11.2. The van der Waals surface area contributed by atoms with Crippen LogP contribution in [0.4, 0.5) is 13.2 Å². The maximum atomic E-state index is 13.0. The molecule has 1 saturated heterocycles. The number of hydrogen-bond acceptors (Lipinski definition) is 5. The highest BCUT2D eigenvalue weighted by Gasteiger charge is 2.34. The SMILES string of the molecule is Cc1ccc(S(=O)(=O)N2CCCC(c3nc(-c4cccc(C(F)(F)F)c4)no3)C2)cc1. The number of nitrogens with zero attached hydrogens (tertiary/aromatic N) is 3. The van der Waals surface area contributed by atoms with E-state index in [2.05, 4.69) is 10.1 Å². The van der Waals surface area contributed by atoms with Crippen LogP contribution in [0.3, 0.4) is 0 Å². The normalized spacial score (nSPS) is 18.3. The zero-order valence-electron chi connectivity index (χ0n) is 16.6. The Morgan fingerprint density at radius 2 is 1.87 bits per heavy atom. The molecule has 0 radical (unpaired) electrons. The summed E-state index contributed by atoms with van der Waals surface area (Å²) in [6.45, 7) is 2.42. The van der Waals surface area contributed by atoms with Gasteiger partial charge in [0.1, 0.15) is 0 Å². The van der Waals surface area contributed by atoms with Gasteiger partial charge >= 0.3 is 6.18 Å². The monoisotopic (exact) mass is 451 g/mol. The first-order valence-electron chi connectivity index (χ1n) is 9.72. The summed E-state index contributed by atoms with van der Waals surface area (Å²) in [5, 5.41) is 3.82. The number of sulfonamides is 1. The van der Waals surface area contributed by atoms with E-state index < -0.39 is 21.8 Å². The van der Waals surface area contributed by atoms with Crippen LogP contribution < -0.4 is 0 Å². The average molecular weight is 451 g/mol. The van der Waals surface area contributed by atoms with E-state index in [-0.39, 0.29) is 34.6 Å². The minimum Gasteiger partial charge on any atom is -0.339 e. The molecule has 3 aromatic rings. The molecule has 31 heavy (non-hydrogen) atoms. The summed E-state index contributed by atoms with van der Waals surface area (Å²) >= 11 is 0. The van der Waals surface area contributed by atoms with Crippen LogP contribution in [-0.2, 0) is 16.2 Å². The van der Waals surface area contributed by atoms with Crippen molar-refractivity contribution in [1.29, 1.82) is 0 Å². The summed E-state index contributed by atoms with van der Waals surface area (Å²) in [7, 11) is -3.67. The lowest BCUT2D eigenvalue weighted by Gasteiger charge is -2.30. The van der Waals surface area contributed by atoms with Gasteiger partial charge in [0.2, 0.25) is 21.7 Å². The zero-order valence-corrected chi connectivity index (χ0v) is 17.4. The Kier molecular flexibility index (Phi) is 5.61. The van der Waals surface area contributed by atoms with E-state index in [4.69, 9.17) is 4.52 Å². The Morgan fingerprint density at radius 1 is 1.13 bits per heavy atom. The van der Waals surface area contributed by atoms with E-state index >= 15 is 0 Å². The van der Waals surface area contributed by atoms with E-state index in [0.29, 0.717) is 19.4 Å². The third-order valence-electron chi connectivity index (χ3n) is 5.28. The molecule has 1 unspecified atom stereocenters. The van der Waals surface area contributed by atoms with Gasteiger partial charge in [-0.05, 0) is 44.0 Å². The number of aryl methyl sites for hydroxylation is 1. The predicted molar refractivity (Wildman–Crippen MR) is 107 cm³/mol. The van der Waals surface area contributed by atoms with Crippen LogP contribution in [0, 0.1) is 6.92 Å². The average Bonchev–Trinajstić information content (AvgIpc) is 3.24. The number of piperidine rings is 1. The third kappa shape index (κ3) is 4.49. The second kappa shape index (κ2) is 8.08. The molecule has 0 N–H and O–H groups in total. The number of alkyl halides is 3. The van der Waals surface area contributed by atoms with Gasteiger partial charge < -0.3 is 4.52 Å². The van der Waals surface area contributed by atoms with E-state index in [1.54, 1.807) is 24.3 Å². The minimum absolute atomic E-state index is 0.0413. The summed E-state index contributed by atoms with van der Waals surface area (Å²) in [4.78, 5) is 4.48. The highest BCUT2D eigenvalue weighted by atomic mass is 32.2. The molecule has 4 rings (SSSR count). The van der Waals surface area contributed by atoms with Crippen molar-refractivity contribution in [2.45, 2.75) is 36.8 Å². The standard InChI is InChI=1S/C21H20F3N3O3S/c1-14-7-9-18(10-8-14)31(28,29)27-11-3-5-16(13-27)20-25-19(26-30-20)15-4-2-6-17(12-15)21(22,23)24/h2,4,6-10,12,16H,3,5,11,13H2,1H3. The molecule has 1 aromatic heterocycles. The van der Waals surface area contributed by atoms with Crippen molar-refractivity contribution in [3.63, 3.8) is 0 Å².